The first kappa shape index (κ1) is 24.8. The normalized spacial score (nSPS) is 12.8. The average molecular weight is 435 g/mol. The topological polar surface area (TPSA) is 83.7 Å². The van der Waals surface area contributed by atoms with Crippen LogP contribution in [0.25, 0.3) is 11.2 Å². The Hall–Kier alpha value is -3.48. The lowest BCUT2D eigenvalue weighted by molar-refractivity contribution is -0.116. The zero-order valence-corrected chi connectivity index (χ0v) is 19.8. The van der Waals surface area contributed by atoms with Gasteiger partial charge in [-0.15, -0.1) is 0 Å². The van der Waals surface area contributed by atoms with Crippen molar-refractivity contribution in [2.24, 2.45) is 4.99 Å². The van der Waals surface area contributed by atoms with Crippen molar-refractivity contribution in [3.8, 4) is 0 Å². The van der Waals surface area contributed by atoms with Gasteiger partial charge in [-0.25, -0.2) is 4.98 Å². The van der Waals surface area contributed by atoms with Crippen LogP contribution in [0.4, 0.5) is 5.82 Å². The monoisotopic (exact) mass is 434 g/mol. The predicted octanol–water partition coefficient (Wildman–Crippen LogP) is 4.88. The zero-order chi connectivity index (χ0) is 23.5. The highest BCUT2D eigenvalue weighted by Crippen LogP contribution is 2.23. The Morgan fingerprint density at radius 2 is 2.09 bits per heavy atom. The molecule has 0 aliphatic heterocycles. The van der Waals surface area contributed by atoms with Gasteiger partial charge in [0.15, 0.2) is 5.65 Å². The van der Waals surface area contributed by atoms with Crippen molar-refractivity contribution in [2.45, 2.75) is 47.5 Å². The van der Waals surface area contributed by atoms with Crippen molar-refractivity contribution < 1.29 is 4.79 Å². The van der Waals surface area contributed by atoms with Gasteiger partial charge in [-0.3, -0.25) is 9.79 Å². The van der Waals surface area contributed by atoms with Crippen LogP contribution in [-0.2, 0) is 4.79 Å². The van der Waals surface area contributed by atoms with Gasteiger partial charge in [0, 0.05) is 37.1 Å². The van der Waals surface area contributed by atoms with E-state index in [1.165, 1.54) is 11.8 Å². The Morgan fingerprint density at radius 1 is 1.31 bits per heavy atom. The quantitative estimate of drug-likeness (QED) is 0.229. The zero-order valence-electron chi connectivity index (χ0n) is 19.8. The third kappa shape index (κ3) is 6.77. The van der Waals surface area contributed by atoms with Gasteiger partial charge in [0.05, 0.1) is 17.5 Å². The maximum Gasteiger partial charge on any atom is 0.252 e. The van der Waals surface area contributed by atoms with Crippen molar-refractivity contribution >= 4 is 29.2 Å². The Kier molecular flexibility index (Phi) is 9.60. The van der Waals surface area contributed by atoms with Crippen LogP contribution in [-0.4, -0.2) is 39.8 Å². The molecule has 2 rings (SSSR count). The van der Waals surface area contributed by atoms with Gasteiger partial charge in [-0.05, 0) is 51.7 Å². The lowest BCUT2D eigenvalue weighted by Gasteiger charge is -2.12. The number of aromatic nitrogens is 3. The Labute approximate surface area is 190 Å². The van der Waals surface area contributed by atoms with E-state index >= 15 is 0 Å². The average Bonchev–Trinajstić information content (AvgIpc) is 3.17. The van der Waals surface area contributed by atoms with Gasteiger partial charge < -0.3 is 10.6 Å². The molecule has 7 heteroatoms. The van der Waals surface area contributed by atoms with Gasteiger partial charge in [-0.2, -0.15) is 9.61 Å². The molecule has 1 amide bonds. The van der Waals surface area contributed by atoms with Crippen molar-refractivity contribution in [2.75, 3.05) is 18.4 Å². The fourth-order valence-corrected chi connectivity index (χ4v) is 2.91. The minimum atomic E-state index is -0.217. The molecule has 0 atom stereocenters. The van der Waals surface area contributed by atoms with Crippen LogP contribution >= 0.6 is 0 Å². The van der Waals surface area contributed by atoms with E-state index in [0.717, 1.165) is 41.1 Å². The third-order valence-electron chi connectivity index (χ3n) is 4.93. The molecule has 2 aromatic heterocycles. The number of rotatable bonds is 11. The fraction of sp³-hybridized carbons (Fsp3) is 0.360. The summed E-state index contributed by atoms with van der Waals surface area (Å²) in [5.74, 6) is 0.657. The second-order valence-corrected chi connectivity index (χ2v) is 7.53. The van der Waals surface area contributed by atoms with Crippen LogP contribution < -0.4 is 10.6 Å². The second-order valence-electron chi connectivity index (χ2n) is 7.53. The molecule has 170 valence electrons. The molecule has 2 heterocycles. The molecule has 0 unspecified atom stereocenters. The summed E-state index contributed by atoms with van der Waals surface area (Å²) in [5.41, 5.74) is 5.43. The summed E-state index contributed by atoms with van der Waals surface area (Å²) >= 11 is 0. The summed E-state index contributed by atoms with van der Waals surface area (Å²) in [6, 6.07) is 2.02. The number of hydrogen-bond acceptors (Lipinski definition) is 5. The van der Waals surface area contributed by atoms with Crippen LogP contribution in [0.1, 0.15) is 51.8 Å². The molecular weight excluding hydrogens is 400 g/mol. The summed E-state index contributed by atoms with van der Waals surface area (Å²) in [7, 11) is 0. The fourth-order valence-electron chi connectivity index (χ4n) is 2.91. The molecule has 0 fully saturated rings. The van der Waals surface area contributed by atoms with Crippen molar-refractivity contribution in [3.63, 3.8) is 0 Å². The first-order valence-electron chi connectivity index (χ1n) is 10.9. The summed E-state index contributed by atoms with van der Waals surface area (Å²) in [4.78, 5) is 20.8. The standard InChI is InChI=1S/C25H34N6O/c1-7-9-11-18(3)21(6)22-15-23(31-24(30-22)19(4)17-29-31)27-13-10-14-28-25(32)20(5)16-26-12-8-2/h8-9,11-12,15-17,27H,5,7,10,13-14H2,1-4,6H3,(H,28,32)/b11-9-,12-8-,21-18+,26-16?. The van der Waals surface area contributed by atoms with E-state index in [2.05, 4.69) is 60.2 Å². The maximum atomic E-state index is 12.0. The largest absolute Gasteiger partial charge is 0.370 e. The number of allylic oxidation sites excluding steroid dienone is 5. The number of nitrogens with one attached hydrogen (secondary N) is 2. The summed E-state index contributed by atoms with van der Waals surface area (Å²) in [6.07, 6.45) is 12.7. The van der Waals surface area contributed by atoms with E-state index in [0.29, 0.717) is 18.7 Å². The minimum absolute atomic E-state index is 0.217. The Bertz CT molecular complexity index is 1070. The van der Waals surface area contributed by atoms with Crippen LogP contribution in [0.2, 0.25) is 0 Å². The number of aryl methyl sites for hydroxylation is 1. The van der Waals surface area contributed by atoms with E-state index in [4.69, 9.17) is 4.98 Å². The van der Waals surface area contributed by atoms with E-state index in [9.17, 15) is 4.79 Å². The van der Waals surface area contributed by atoms with Crippen LogP contribution in [0.3, 0.4) is 0 Å². The van der Waals surface area contributed by atoms with Crippen molar-refractivity contribution in [1.29, 1.82) is 0 Å². The van der Waals surface area contributed by atoms with Gasteiger partial charge >= 0.3 is 0 Å². The Morgan fingerprint density at radius 3 is 2.81 bits per heavy atom. The first-order chi connectivity index (χ1) is 15.4. The number of carbonyl (C=O) groups excluding carboxylic acids is 1. The molecule has 0 aromatic carbocycles. The minimum Gasteiger partial charge on any atom is -0.370 e. The number of anilines is 1. The molecule has 0 saturated carbocycles. The molecule has 0 saturated heterocycles. The molecule has 7 nitrogen and oxygen atoms in total. The Balaban J connectivity index is 2.05. The molecule has 32 heavy (non-hydrogen) atoms. The molecule has 0 bridgehead atoms. The first-order valence-corrected chi connectivity index (χ1v) is 10.9. The van der Waals surface area contributed by atoms with Gasteiger partial charge in [0.25, 0.3) is 5.91 Å². The van der Waals surface area contributed by atoms with E-state index < -0.39 is 0 Å². The molecular formula is C25H34N6O. The van der Waals surface area contributed by atoms with Gasteiger partial charge in [0.1, 0.15) is 5.82 Å². The molecule has 0 spiro atoms. The van der Waals surface area contributed by atoms with Crippen LogP contribution in [0.15, 0.2) is 59.4 Å². The second kappa shape index (κ2) is 12.4. The van der Waals surface area contributed by atoms with Gasteiger partial charge in [0.2, 0.25) is 0 Å². The lowest BCUT2D eigenvalue weighted by atomic mass is 10.1. The van der Waals surface area contributed by atoms with Crippen LogP contribution in [0, 0.1) is 6.92 Å². The molecule has 0 radical (unpaired) electrons. The molecule has 2 N–H and O–H groups in total. The maximum absolute atomic E-state index is 12.0. The van der Waals surface area contributed by atoms with E-state index in [1.807, 2.05) is 30.6 Å². The van der Waals surface area contributed by atoms with Crippen molar-refractivity contribution in [1.82, 2.24) is 19.9 Å². The highest BCUT2D eigenvalue weighted by Gasteiger charge is 2.11. The summed E-state index contributed by atoms with van der Waals surface area (Å²) < 4.78 is 1.82. The highest BCUT2D eigenvalue weighted by atomic mass is 16.1. The van der Waals surface area contributed by atoms with Gasteiger partial charge in [-0.1, -0.05) is 31.7 Å². The SMILES string of the molecule is C=C(C=N/C=C\C)C(=O)NCCCNc1cc(/C(C)=C(C)/C=C\CC)nc2c(C)cnn12. The molecule has 0 aliphatic rings. The molecule has 0 aliphatic carbocycles. The summed E-state index contributed by atoms with van der Waals surface area (Å²) in [5, 5.41) is 10.8. The number of aliphatic imine (C=N–C) groups is 1. The number of nitrogens with zero attached hydrogens (tertiary/aromatic N) is 4. The number of fused-ring (bicyclic) bond motifs is 1. The molecule has 2 aromatic rings. The number of amides is 1. The smallest absolute Gasteiger partial charge is 0.252 e. The summed E-state index contributed by atoms with van der Waals surface area (Å²) in [6.45, 7) is 15.1. The lowest BCUT2D eigenvalue weighted by Crippen LogP contribution is -2.27. The van der Waals surface area contributed by atoms with Crippen LogP contribution in [0.5, 0.6) is 0 Å². The third-order valence-corrected chi connectivity index (χ3v) is 4.93. The van der Waals surface area contributed by atoms with E-state index in [1.54, 1.807) is 12.3 Å². The highest BCUT2D eigenvalue weighted by molar-refractivity contribution is 6.11. The van der Waals surface area contributed by atoms with E-state index in [-0.39, 0.29) is 5.91 Å². The predicted molar refractivity (Wildman–Crippen MR) is 134 cm³/mol. The number of hydrogen-bond donors (Lipinski definition) is 2. The number of carbonyl (C=O) groups is 1. The van der Waals surface area contributed by atoms with Crippen molar-refractivity contribution in [3.05, 3.63) is 65.7 Å².